The second-order valence-corrected chi connectivity index (χ2v) is 4.95. The zero-order valence-electron chi connectivity index (χ0n) is 12.0. The minimum atomic E-state index is 0.470. The summed E-state index contributed by atoms with van der Waals surface area (Å²) in [5.41, 5.74) is 2.09. The van der Waals surface area contributed by atoms with Crippen molar-refractivity contribution in [2.75, 3.05) is 20.3 Å². The van der Waals surface area contributed by atoms with E-state index in [-0.39, 0.29) is 0 Å². The Balaban J connectivity index is 2.00. The molecule has 0 atom stereocenters. The highest BCUT2D eigenvalue weighted by Gasteiger charge is 2.08. The van der Waals surface area contributed by atoms with E-state index in [1.165, 1.54) is 0 Å². The summed E-state index contributed by atoms with van der Waals surface area (Å²) < 4.78 is 10.9. The van der Waals surface area contributed by atoms with Crippen molar-refractivity contribution in [3.05, 3.63) is 58.9 Å². The second kappa shape index (κ2) is 8.62. The Bertz CT molecular complexity index is 549. The van der Waals surface area contributed by atoms with Gasteiger partial charge in [-0.2, -0.15) is 0 Å². The van der Waals surface area contributed by atoms with Crippen LogP contribution in [0.15, 0.2) is 42.7 Å². The first-order chi connectivity index (χ1) is 10.3. The Labute approximate surface area is 130 Å². The minimum Gasteiger partial charge on any atom is -0.487 e. The van der Waals surface area contributed by atoms with E-state index in [4.69, 9.17) is 21.1 Å². The fraction of sp³-hybridized carbons (Fsp3) is 0.312. The maximum absolute atomic E-state index is 6.25. The molecule has 0 unspecified atom stereocenters. The van der Waals surface area contributed by atoms with Gasteiger partial charge in [0.05, 0.1) is 11.6 Å². The molecule has 0 aliphatic heterocycles. The normalized spacial score (nSPS) is 10.6. The Morgan fingerprint density at radius 1 is 1.19 bits per heavy atom. The van der Waals surface area contributed by atoms with Gasteiger partial charge in [-0.3, -0.25) is 4.98 Å². The topological polar surface area (TPSA) is 43.4 Å². The second-order valence-electron chi connectivity index (χ2n) is 4.54. The molecule has 112 valence electrons. The van der Waals surface area contributed by atoms with Crippen molar-refractivity contribution in [3.8, 4) is 5.75 Å². The summed E-state index contributed by atoms with van der Waals surface area (Å²) in [5, 5.41) is 3.92. The SMILES string of the molecule is COCCNCc1cccc(Cl)c1OCc1ccncc1. The Kier molecular flexibility index (Phi) is 6.47. The van der Waals surface area contributed by atoms with Gasteiger partial charge in [0.15, 0.2) is 0 Å². The summed E-state index contributed by atoms with van der Waals surface area (Å²) in [5.74, 6) is 0.723. The molecular weight excluding hydrogens is 288 g/mol. The summed E-state index contributed by atoms with van der Waals surface area (Å²) in [7, 11) is 1.68. The lowest BCUT2D eigenvalue weighted by molar-refractivity contribution is 0.199. The predicted molar refractivity (Wildman–Crippen MR) is 83.6 cm³/mol. The standard InChI is InChI=1S/C16H19ClN2O2/c1-20-10-9-19-11-14-3-2-4-15(17)16(14)21-12-13-5-7-18-8-6-13/h2-8,19H,9-12H2,1H3. The number of rotatable bonds is 8. The van der Waals surface area contributed by atoms with Crippen LogP contribution in [0.1, 0.15) is 11.1 Å². The van der Waals surface area contributed by atoms with Crippen LogP contribution in [-0.4, -0.2) is 25.2 Å². The molecule has 0 saturated carbocycles. The monoisotopic (exact) mass is 306 g/mol. The van der Waals surface area contributed by atoms with E-state index in [1.54, 1.807) is 19.5 Å². The fourth-order valence-corrected chi connectivity index (χ4v) is 2.13. The van der Waals surface area contributed by atoms with Gasteiger partial charge in [-0.25, -0.2) is 0 Å². The van der Waals surface area contributed by atoms with Crippen LogP contribution in [0.3, 0.4) is 0 Å². The molecule has 0 bridgehead atoms. The number of nitrogens with zero attached hydrogens (tertiary/aromatic N) is 1. The molecule has 0 aliphatic carbocycles. The molecule has 0 fully saturated rings. The van der Waals surface area contributed by atoms with Crippen LogP contribution < -0.4 is 10.1 Å². The smallest absolute Gasteiger partial charge is 0.142 e. The molecule has 21 heavy (non-hydrogen) atoms. The number of pyridine rings is 1. The Morgan fingerprint density at radius 2 is 2.00 bits per heavy atom. The van der Waals surface area contributed by atoms with Crippen LogP contribution in [0.2, 0.25) is 5.02 Å². The molecule has 0 spiro atoms. The third kappa shape index (κ3) is 5.01. The highest BCUT2D eigenvalue weighted by atomic mass is 35.5. The van der Waals surface area contributed by atoms with E-state index in [9.17, 15) is 0 Å². The average Bonchev–Trinajstić information content (AvgIpc) is 2.52. The minimum absolute atomic E-state index is 0.470. The molecule has 5 heteroatoms. The van der Waals surface area contributed by atoms with Gasteiger partial charge in [0, 0.05) is 38.2 Å². The molecule has 2 rings (SSSR count). The van der Waals surface area contributed by atoms with Gasteiger partial charge in [-0.05, 0) is 23.8 Å². The number of hydrogen-bond donors (Lipinski definition) is 1. The zero-order valence-corrected chi connectivity index (χ0v) is 12.8. The van der Waals surface area contributed by atoms with Gasteiger partial charge in [0.2, 0.25) is 0 Å². The number of nitrogens with one attached hydrogen (secondary N) is 1. The number of ether oxygens (including phenoxy) is 2. The van der Waals surface area contributed by atoms with Crippen molar-refractivity contribution >= 4 is 11.6 Å². The van der Waals surface area contributed by atoms with Crippen molar-refractivity contribution in [2.45, 2.75) is 13.2 Å². The largest absolute Gasteiger partial charge is 0.487 e. The molecule has 2 aromatic rings. The van der Waals surface area contributed by atoms with E-state index in [0.29, 0.717) is 24.8 Å². The van der Waals surface area contributed by atoms with Gasteiger partial charge in [0.25, 0.3) is 0 Å². The molecule has 0 saturated heterocycles. The lowest BCUT2D eigenvalue weighted by atomic mass is 10.2. The maximum Gasteiger partial charge on any atom is 0.142 e. The summed E-state index contributed by atoms with van der Waals surface area (Å²) >= 11 is 6.25. The molecule has 4 nitrogen and oxygen atoms in total. The number of halogens is 1. The molecule has 0 aliphatic rings. The van der Waals surface area contributed by atoms with Gasteiger partial charge in [-0.1, -0.05) is 23.7 Å². The number of para-hydroxylation sites is 1. The van der Waals surface area contributed by atoms with Gasteiger partial charge in [0.1, 0.15) is 12.4 Å². The Morgan fingerprint density at radius 3 is 2.76 bits per heavy atom. The lowest BCUT2D eigenvalue weighted by Gasteiger charge is -2.14. The highest BCUT2D eigenvalue weighted by molar-refractivity contribution is 6.32. The quantitative estimate of drug-likeness (QED) is 0.761. The molecule has 1 aromatic carbocycles. The van der Waals surface area contributed by atoms with Gasteiger partial charge < -0.3 is 14.8 Å². The van der Waals surface area contributed by atoms with E-state index in [2.05, 4.69) is 10.3 Å². The third-order valence-corrected chi connectivity index (χ3v) is 3.28. The number of methoxy groups -OCH3 is 1. The molecule has 1 aromatic heterocycles. The number of benzene rings is 1. The number of aromatic nitrogens is 1. The summed E-state index contributed by atoms with van der Waals surface area (Å²) in [6.45, 7) is 2.62. The Hall–Kier alpha value is -1.62. The highest BCUT2D eigenvalue weighted by Crippen LogP contribution is 2.29. The fourth-order valence-electron chi connectivity index (χ4n) is 1.89. The number of hydrogen-bond acceptors (Lipinski definition) is 4. The van der Waals surface area contributed by atoms with Crippen LogP contribution in [-0.2, 0) is 17.9 Å². The molecule has 0 radical (unpaired) electrons. The van der Waals surface area contributed by atoms with E-state index in [1.807, 2.05) is 30.3 Å². The van der Waals surface area contributed by atoms with Crippen molar-refractivity contribution in [1.29, 1.82) is 0 Å². The van der Waals surface area contributed by atoms with E-state index in [0.717, 1.165) is 23.4 Å². The van der Waals surface area contributed by atoms with E-state index >= 15 is 0 Å². The van der Waals surface area contributed by atoms with Crippen LogP contribution in [0.5, 0.6) is 5.75 Å². The van der Waals surface area contributed by atoms with Crippen LogP contribution in [0.25, 0.3) is 0 Å². The first-order valence-electron chi connectivity index (χ1n) is 6.80. The van der Waals surface area contributed by atoms with Crippen molar-refractivity contribution < 1.29 is 9.47 Å². The third-order valence-electron chi connectivity index (χ3n) is 2.98. The summed E-state index contributed by atoms with van der Waals surface area (Å²) in [6, 6.07) is 9.62. The summed E-state index contributed by atoms with van der Waals surface area (Å²) in [4.78, 5) is 3.99. The average molecular weight is 307 g/mol. The van der Waals surface area contributed by atoms with Crippen molar-refractivity contribution in [1.82, 2.24) is 10.3 Å². The maximum atomic E-state index is 6.25. The van der Waals surface area contributed by atoms with Crippen LogP contribution in [0.4, 0.5) is 0 Å². The zero-order chi connectivity index (χ0) is 14.9. The first kappa shape index (κ1) is 15.8. The van der Waals surface area contributed by atoms with Gasteiger partial charge >= 0.3 is 0 Å². The van der Waals surface area contributed by atoms with Crippen LogP contribution in [0, 0.1) is 0 Å². The first-order valence-corrected chi connectivity index (χ1v) is 7.18. The molecule has 0 amide bonds. The molecule has 1 heterocycles. The lowest BCUT2D eigenvalue weighted by Crippen LogP contribution is -2.19. The molecule has 1 N–H and O–H groups in total. The van der Waals surface area contributed by atoms with Crippen LogP contribution >= 0.6 is 11.6 Å². The molecular formula is C16H19ClN2O2. The van der Waals surface area contributed by atoms with Crippen molar-refractivity contribution in [2.24, 2.45) is 0 Å². The summed E-state index contributed by atoms with van der Waals surface area (Å²) in [6.07, 6.45) is 3.50. The van der Waals surface area contributed by atoms with Crippen molar-refractivity contribution in [3.63, 3.8) is 0 Å². The predicted octanol–water partition coefficient (Wildman–Crippen LogP) is 3.05. The van der Waals surface area contributed by atoms with Gasteiger partial charge in [-0.15, -0.1) is 0 Å². The van der Waals surface area contributed by atoms with E-state index < -0.39 is 0 Å².